The van der Waals surface area contributed by atoms with Crippen molar-refractivity contribution in [3.63, 3.8) is 0 Å². The third-order valence-corrected chi connectivity index (χ3v) is 2.58. The van der Waals surface area contributed by atoms with Gasteiger partial charge in [0, 0.05) is 17.8 Å². The number of aromatic amines is 1. The van der Waals surface area contributed by atoms with Gasteiger partial charge >= 0.3 is 0 Å². The summed E-state index contributed by atoms with van der Waals surface area (Å²) in [5, 5.41) is 0. The van der Waals surface area contributed by atoms with Crippen molar-refractivity contribution in [1.82, 2.24) is 9.97 Å². The number of nitrogens with one attached hydrogen (secondary N) is 1. The first-order valence-corrected chi connectivity index (χ1v) is 5.04. The molecule has 2 rings (SSSR count). The molecule has 2 aromatic rings. The summed E-state index contributed by atoms with van der Waals surface area (Å²) in [6.45, 7) is 4.56. The summed E-state index contributed by atoms with van der Waals surface area (Å²) in [7, 11) is 0. The van der Waals surface area contributed by atoms with E-state index in [0.29, 0.717) is 6.54 Å². The summed E-state index contributed by atoms with van der Waals surface area (Å²) < 4.78 is 0. The molecule has 0 bridgehead atoms. The molecule has 78 valence electrons. The molecule has 3 heteroatoms. The Bertz CT molecular complexity index is 471. The minimum Gasteiger partial charge on any atom is -0.342 e. The number of hydrogen-bond donors (Lipinski definition) is 2. The van der Waals surface area contributed by atoms with E-state index in [1.807, 2.05) is 19.1 Å². The van der Waals surface area contributed by atoms with Gasteiger partial charge in [0.05, 0.1) is 5.69 Å². The largest absolute Gasteiger partial charge is 0.342 e. The molecule has 1 heterocycles. The number of H-pyrrole nitrogens is 1. The van der Waals surface area contributed by atoms with Gasteiger partial charge in [-0.05, 0) is 19.4 Å². The van der Waals surface area contributed by atoms with Crippen molar-refractivity contribution < 1.29 is 0 Å². The second kappa shape index (κ2) is 3.87. The SMILES string of the molecule is Cc1ccccc1-c1nc(CN)c(C)[nH]1. The molecular formula is C12H15N3. The quantitative estimate of drug-likeness (QED) is 0.782. The predicted molar refractivity (Wildman–Crippen MR) is 61.4 cm³/mol. The van der Waals surface area contributed by atoms with Crippen LogP contribution in [0.15, 0.2) is 24.3 Å². The standard InChI is InChI=1S/C12H15N3/c1-8-5-3-4-6-10(8)12-14-9(2)11(7-13)15-12/h3-6H,7,13H2,1-2H3,(H,14,15). The van der Waals surface area contributed by atoms with E-state index in [0.717, 1.165) is 22.8 Å². The summed E-state index contributed by atoms with van der Waals surface area (Å²) >= 11 is 0. The van der Waals surface area contributed by atoms with Crippen LogP contribution >= 0.6 is 0 Å². The molecule has 0 aliphatic heterocycles. The van der Waals surface area contributed by atoms with E-state index in [9.17, 15) is 0 Å². The number of nitrogens with zero attached hydrogens (tertiary/aromatic N) is 1. The highest BCUT2D eigenvalue weighted by Gasteiger charge is 2.08. The molecule has 3 N–H and O–H groups in total. The number of benzene rings is 1. The summed E-state index contributed by atoms with van der Waals surface area (Å²) in [6, 6.07) is 8.18. The van der Waals surface area contributed by atoms with Crippen molar-refractivity contribution in [3.05, 3.63) is 41.2 Å². The fourth-order valence-electron chi connectivity index (χ4n) is 1.66. The normalized spacial score (nSPS) is 10.6. The second-order valence-electron chi connectivity index (χ2n) is 3.68. The van der Waals surface area contributed by atoms with Crippen molar-refractivity contribution in [1.29, 1.82) is 0 Å². The van der Waals surface area contributed by atoms with Gasteiger partial charge in [-0.2, -0.15) is 0 Å². The van der Waals surface area contributed by atoms with E-state index in [1.54, 1.807) is 0 Å². The number of nitrogens with two attached hydrogens (primary N) is 1. The van der Waals surface area contributed by atoms with Crippen molar-refractivity contribution in [2.45, 2.75) is 20.4 Å². The monoisotopic (exact) mass is 201 g/mol. The molecule has 3 nitrogen and oxygen atoms in total. The van der Waals surface area contributed by atoms with Crippen LogP contribution < -0.4 is 5.73 Å². The molecule has 0 radical (unpaired) electrons. The van der Waals surface area contributed by atoms with Crippen LogP contribution in [0.3, 0.4) is 0 Å². The average Bonchev–Trinajstić information content (AvgIpc) is 2.60. The Kier molecular flexibility index (Phi) is 2.56. The molecule has 0 aliphatic carbocycles. The van der Waals surface area contributed by atoms with Gasteiger partial charge in [0.15, 0.2) is 0 Å². The molecule has 1 aromatic carbocycles. The Balaban J connectivity index is 2.50. The molecule has 0 fully saturated rings. The topological polar surface area (TPSA) is 54.7 Å². The number of hydrogen-bond acceptors (Lipinski definition) is 2. The predicted octanol–water partition coefficient (Wildman–Crippen LogP) is 2.15. The maximum absolute atomic E-state index is 5.60. The van der Waals surface area contributed by atoms with Crippen LogP contribution in [0.2, 0.25) is 0 Å². The van der Waals surface area contributed by atoms with Crippen LogP contribution in [0.5, 0.6) is 0 Å². The Morgan fingerprint density at radius 3 is 2.60 bits per heavy atom. The maximum Gasteiger partial charge on any atom is 0.138 e. The van der Waals surface area contributed by atoms with Gasteiger partial charge < -0.3 is 10.7 Å². The van der Waals surface area contributed by atoms with Crippen LogP contribution in [0.4, 0.5) is 0 Å². The fraction of sp³-hybridized carbons (Fsp3) is 0.250. The maximum atomic E-state index is 5.60. The van der Waals surface area contributed by atoms with Crippen molar-refractivity contribution in [3.8, 4) is 11.4 Å². The van der Waals surface area contributed by atoms with E-state index in [1.165, 1.54) is 5.56 Å². The first kappa shape index (κ1) is 9.93. The minimum atomic E-state index is 0.480. The highest BCUT2D eigenvalue weighted by molar-refractivity contribution is 5.60. The lowest BCUT2D eigenvalue weighted by molar-refractivity contribution is 0.993. The lowest BCUT2D eigenvalue weighted by atomic mass is 10.1. The third kappa shape index (κ3) is 1.78. The third-order valence-electron chi connectivity index (χ3n) is 2.58. The Morgan fingerprint density at radius 1 is 1.27 bits per heavy atom. The van der Waals surface area contributed by atoms with Crippen molar-refractivity contribution in [2.75, 3.05) is 0 Å². The smallest absolute Gasteiger partial charge is 0.138 e. The minimum absolute atomic E-state index is 0.480. The molecule has 0 unspecified atom stereocenters. The second-order valence-corrected chi connectivity index (χ2v) is 3.68. The molecule has 0 amide bonds. The van der Waals surface area contributed by atoms with E-state index >= 15 is 0 Å². The average molecular weight is 201 g/mol. The highest BCUT2D eigenvalue weighted by atomic mass is 14.9. The number of aromatic nitrogens is 2. The molecular weight excluding hydrogens is 186 g/mol. The van der Waals surface area contributed by atoms with Crippen LogP contribution in [-0.4, -0.2) is 9.97 Å². The Hall–Kier alpha value is -1.61. The first-order valence-electron chi connectivity index (χ1n) is 5.04. The van der Waals surface area contributed by atoms with E-state index in [4.69, 9.17) is 5.73 Å². The van der Waals surface area contributed by atoms with Crippen molar-refractivity contribution >= 4 is 0 Å². The lowest BCUT2D eigenvalue weighted by Gasteiger charge is -2.00. The molecule has 0 saturated carbocycles. The van der Waals surface area contributed by atoms with Crippen LogP contribution in [-0.2, 0) is 6.54 Å². The van der Waals surface area contributed by atoms with E-state index in [-0.39, 0.29) is 0 Å². The summed E-state index contributed by atoms with van der Waals surface area (Å²) in [5.74, 6) is 0.908. The van der Waals surface area contributed by atoms with Crippen LogP contribution in [0, 0.1) is 13.8 Å². The summed E-state index contributed by atoms with van der Waals surface area (Å²) in [6.07, 6.45) is 0. The van der Waals surface area contributed by atoms with E-state index < -0.39 is 0 Å². The molecule has 15 heavy (non-hydrogen) atoms. The molecule has 0 aliphatic rings. The molecule has 0 atom stereocenters. The van der Waals surface area contributed by atoms with Gasteiger partial charge in [-0.25, -0.2) is 4.98 Å². The Labute approximate surface area is 89.4 Å². The molecule has 0 saturated heterocycles. The zero-order valence-corrected chi connectivity index (χ0v) is 9.04. The van der Waals surface area contributed by atoms with E-state index in [2.05, 4.69) is 29.0 Å². The summed E-state index contributed by atoms with van der Waals surface area (Å²) in [4.78, 5) is 7.74. The highest BCUT2D eigenvalue weighted by Crippen LogP contribution is 2.21. The van der Waals surface area contributed by atoms with Gasteiger partial charge in [0.1, 0.15) is 5.82 Å². The lowest BCUT2D eigenvalue weighted by Crippen LogP contribution is -1.98. The number of aryl methyl sites for hydroxylation is 2. The van der Waals surface area contributed by atoms with Gasteiger partial charge in [-0.1, -0.05) is 24.3 Å². The number of imidazole rings is 1. The van der Waals surface area contributed by atoms with Gasteiger partial charge in [0.25, 0.3) is 0 Å². The molecule has 0 spiro atoms. The summed E-state index contributed by atoms with van der Waals surface area (Å²) in [5.41, 5.74) is 9.94. The number of rotatable bonds is 2. The van der Waals surface area contributed by atoms with Crippen LogP contribution in [0.25, 0.3) is 11.4 Å². The first-order chi connectivity index (χ1) is 7.22. The van der Waals surface area contributed by atoms with Crippen molar-refractivity contribution in [2.24, 2.45) is 5.73 Å². The zero-order chi connectivity index (χ0) is 10.8. The van der Waals surface area contributed by atoms with Crippen LogP contribution in [0.1, 0.15) is 17.0 Å². The fourth-order valence-corrected chi connectivity index (χ4v) is 1.66. The van der Waals surface area contributed by atoms with Gasteiger partial charge in [-0.3, -0.25) is 0 Å². The van der Waals surface area contributed by atoms with Gasteiger partial charge in [-0.15, -0.1) is 0 Å². The zero-order valence-electron chi connectivity index (χ0n) is 9.04. The Morgan fingerprint density at radius 2 is 2.00 bits per heavy atom. The van der Waals surface area contributed by atoms with Gasteiger partial charge in [0.2, 0.25) is 0 Å². The molecule has 1 aromatic heterocycles.